The second kappa shape index (κ2) is 9.61. The Hall–Kier alpha value is -1.79. The van der Waals surface area contributed by atoms with Crippen LogP contribution < -0.4 is 10.2 Å². The molecule has 1 aromatic heterocycles. The molecule has 0 aliphatic carbocycles. The van der Waals surface area contributed by atoms with Crippen LogP contribution in [0.5, 0.6) is 0 Å². The third-order valence-corrected chi connectivity index (χ3v) is 6.04. The quantitative estimate of drug-likeness (QED) is 0.659. The van der Waals surface area contributed by atoms with E-state index in [0.29, 0.717) is 19.1 Å². The molecule has 1 aliphatic heterocycles. The summed E-state index contributed by atoms with van der Waals surface area (Å²) in [6, 6.07) is 2.22. The van der Waals surface area contributed by atoms with E-state index in [4.69, 9.17) is 4.74 Å². The lowest BCUT2D eigenvalue weighted by atomic mass is 9.90. The molecule has 2 atom stereocenters. The topological polar surface area (TPSA) is 96.1 Å². The van der Waals surface area contributed by atoms with Gasteiger partial charge in [0.1, 0.15) is 5.54 Å². The van der Waals surface area contributed by atoms with Crippen molar-refractivity contribution in [2.45, 2.75) is 64.0 Å². The SMILES string of the molecule is CC(C)Cn1c(S[C@H](C)C(=O)N[C@](C)(C#N)C(C)C)nnc1N1CCOCC1. The maximum Gasteiger partial charge on any atom is 0.234 e. The van der Waals surface area contributed by atoms with Gasteiger partial charge in [0.15, 0.2) is 5.16 Å². The molecular weight excluding hydrogens is 376 g/mol. The number of hydrogen-bond acceptors (Lipinski definition) is 7. The largest absolute Gasteiger partial charge is 0.378 e. The van der Waals surface area contributed by atoms with Crippen LogP contribution in [-0.2, 0) is 16.1 Å². The Morgan fingerprint density at radius 2 is 1.93 bits per heavy atom. The Morgan fingerprint density at radius 1 is 1.29 bits per heavy atom. The molecule has 0 radical (unpaired) electrons. The summed E-state index contributed by atoms with van der Waals surface area (Å²) in [4.78, 5) is 14.9. The molecule has 8 nitrogen and oxygen atoms in total. The van der Waals surface area contributed by atoms with Gasteiger partial charge in [-0.25, -0.2) is 0 Å². The zero-order chi connectivity index (χ0) is 20.9. The monoisotopic (exact) mass is 408 g/mol. The van der Waals surface area contributed by atoms with Gasteiger partial charge in [-0.05, 0) is 25.7 Å². The minimum Gasteiger partial charge on any atom is -0.378 e. The molecule has 2 rings (SSSR count). The Morgan fingerprint density at radius 3 is 2.46 bits per heavy atom. The van der Waals surface area contributed by atoms with Crippen molar-refractivity contribution in [3.63, 3.8) is 0 Å². The summed E-state index contributed by atoms with van der Waals surface area (Å²) in [5.41, 5.74) is -0.892. The van der Waals surface area contributed by atoms with Gasteiger partial charge in [-0.3, -0.25) is 9.36 Å². The number of aromatic nitrogens is 3. The van der Waals surface area contributed by atoms with Crippen molar-refractivity contribution in [1.29, 1.82) is 5.26 Å². The van der Waals surface area contributed by atoms with Gasteiger partial charge in [0.25, 0.3) is 0 Å². The second-order valence-electron chi connectivity index (χ2n) is 8.10. The predicted molar refractivity (Wildman–Crippen MR) is 110 cm³/mol. The van der Waals surface area contributed by atoms with E-state index in [1.165, 1.54) is 11.8 Å². The highest BCUT2D eigenvalue weighted by Gasteiger charge is 2.32. The van der Waals surface area contributed by atoms with Crippen LogP contribution in [0.2, 0.25) is 0 Å². The first-order chi connectivity index (χ1) is 13.2. The summed E-state index contributed by atoms with van der Waals surface area (Å²) in [6.07, 6.45) is 0. The summed E-state index contributed by atoms with van der Waals surface area (Å²) >= 11 is 1.38. The van der Waals surface area contributed by atoms with Crippen LogP contribution in [0.1, 0.15) is 41.5 Å². The number of amides is 1. The number of carbonyl (C=O) groups is 1. The number of rotatable bonds is 8. The number of hydrogen-bond donors (Lipinski definition) is 1. The molecule has 1 amide bonds. The Balaban J connectivity index is 2.17. The first-order valence-corrected chi connectivity index (χ1v) is 10.7. The van der Waals surface area contributed by atoms with Gasteiger partial charge in [-0.15, -0.1) is 10.2 Å². The molecule has 1 aromatic rings. The number of nitrogens with one attached hydrogen (secondary N) is 1. The van der Waals surface area contributed by atoms with Crippen LogP contribution >= 0.6 is 11.8 Å². The van der Waals surface area contributed by atoms with Gasteiger partial charge in [-0.1, -0.05) is 39.5 Å². The minimum absolute atomic E-state index is 0.0103. The zero-order valence-electron chi connectivity index (χ0n) is 17.7. The molecule has 0 bridgehead atoms. The Bertz CT molecular complexity index is 708. The van der Waals surface area contributed by atoms with Crippen LogP contribution in [0.3, 0.4) is 0 Å². The molecular formula is C19H32N6O2S. The van der Waals surface area contributed by atoms with E-state index in [-0.39, 0.29) is 17.1 Å². The van der Waals surface area contributed by atoms with Crippen LogP contribution in [0.15, 0.2) is 5.16 Å². The molecule has 0 saturated carbocycles. The van der Waals surface area contributed by atoms with E-state index >= 15 is 0 Å². The molecule has 1 aliphatic rings. The number of anilines is 1. The fourth-order valence-corrected chi connectivity index (χ4v) is 3.61. The lowest BCUT2D eigenvalue weighted by Gasteiger charge is -2.29. The Kier molecular flexibility index (Phi) is 7.72. The van der Waals surface area contributed by atoms with Crippen molar-refractivity contribution in [2.75, 3.05) is 31.2 Å². The van der Waals surface area contributed by atoms with Crippen LogP contribution in [0.25, 0.3) is 0 Å². The summed E-state index contributed by atoms with van der Waals surface area (Å²) in [5.74, 6) is 1.09. The lowest BCUT2D eigenvalue weighted by molar-refractivity contribution is -0.121. The first-order valence-electron chi connectivity index (χ1n) is 9.83. The zero-order valence-corrected chi connectivity index (χ0v) is 18.5. The smallest absolute Gasteiger partial charge is 0.234 e. The van der Waals surface area contributed by atoms with Crippen molar-refractivity contribution in [3.8, 4) is 6.07 Å². The minimum atomic E-state index is -0.892. The summed E-state index contributed by atoms with van der Waals surface area (Å²) in [7, 11) is 0. The van der Waals surface area contributed by atoms with Gasteiger partial charge in [0, 0.05) is 19.6 Å². The van der Waals surface area contributed by atoms with Crippen molar-refractivity contribution in [3.05, 3.63) is 0 Å². The van der Waals surface area contributed by atoms with Crippen LogP contribution in [-0.4, -0.2) is 57.8 Å². The molecule has 2 heterocycles. The molecule has 28 heavy (non-hydrogen) atoms. The molecule has 1 saturated heterocycles. The van der Waals surface area contributed by atoms with Crippen molar-refractivity contribution < 1.29 is 9.53 Å². The van der Waals surface area contributed by atoms with E-state index in [2.05, 4.69) is 44.9 Å². The normalized spacial score (nSPS) is 18.0. The van der Waals surface area contributed by atoms with Gasteiger partial charge in [-0.2, -0.15) is 5.26 Å². The number of carbonyl (C=O) groups excluding carboxylic acids is 1. The summed E-state index contributed by atoms with van der Waals surface area (Å²) in [6.45, 7) is 15.4. The first kappa shape index (κ1) is 22.5. The number of morpholine rings is 1. The summed E-state index contributed by atoms with van der Waals surface area (Å²) in [5, 5.41) is 21.4. The lowest BCUT2D eigenvalue weighted by Crippen LogP contribution is -2.51. The highest BCUT2D eigenvalue weighted by Crippen LogP contribution is 2.28. The molecule has 0 unspecified atom stereocenters. The van der Waals surface area contributed by atoms with E-state index in [1.807, 2.05) is 20.8 Å². The van der Waals surface area contributed by atoms with E-state index in [0.717, 1.165) is 30.7 Å². The van der Waals surface area contributed by atoms with Crippen molar-refractivity contribution in [2.24, 2.45) is 11.8 Å². The molecule has 0 spiro atoms. The highest BCUT2D eigenvalue weighted by atomic mass is 32.2. The van der Waals surface area contributed by atoms with E-state index < -0.39 is 5.54 Å². The van der Waals surface area contributed by atoms with Gasteiger partial charge in [0.2, 0.25) is 11.9 Å². The third kappa shape index (κ3) is 5.39. The highest BCUT2D eigenvalue weighted by molar-refractivity contribution is 8.00. The maximum atomic E-state index is 12.7. The average Bonchev–Trinajstić information content (AvgIpc) is 3.03. The molecule has 0 aromatic carbocycles. The average molecular weight is 409 g/mol. The van der Waals surface area contributed by atoms with E-state index in [9.17, 15) is 10.1 Å². The van der Waals surface area contributed by atoms with Crippen LogP contribution in [0.4, 0.5) is 5.95 Å². The molecule has 1 N–H and O–H groups in total. The number of ether oxygens (including phenoxy) is 1. The fourth-order valence-electron chi connectivity index (χ4n) is 2.76. The van der Waals surface area contributed by atoms with Crippen LogP contribution in [0, 0.1) is 23.2 Å². The maximum absolute atomic E-state index is 12.7. The number of thioether (sulfide) groups is 1. The number of nitriles is 1. The molecule has 9 heteroatoms. The predicted octanol–water partition coefficient (Wildman–Crippen LogP) is 2.31. The third-order valence-electron chi connectivity index (χ3n) is 4.96. The standard InChI is InChI=1S/C19H32N6O2S/c1-13(2)11-25-17(24-7-9-27-10-8-24)22-23-18(25)28-15(5)16(26)21-19(6,12-20)14(3)4/h13-15H,7-11H2,1-6H3,(H,21,26)/t15-,19-/m1/s1. The van der Waals surface area contributed by atoms with Crippen molar-refractivity contribution in [1.82, 2.24) is 20.1 Å². The van der Waals surface area contributed by atoms with Gasteiger partial charge < -0.3 is 15.0 Å². The van der Waals surface area contributed by atoms with E-state index in [1.54, 1.807) is 6.92 Å². The van der Waals surface area contributed by atoms with Gasteiger partial charge in [0.05, 0.1) is 24.5 Å². The summed E-state index contributed by atoms with van der Waals surface area (Å²) < 4.78 is 7.53. The second-order valence-corrected chi connectivity index (χ2v) is 9.41. The Labute approximate surface area is 172 Å². The molecule has 1 fully saturated rings. The van der Waals surface area contributed by atoms with Crippen molar-refractivity contribution >= 4 is 23.6 Å². The number of nitrogens with zero attached hydrogens (tertiary/aromatic N) is 5. The van der Waals surface area contributed by atoms with Gasteiger partial charge >= 0.3 is 0 Å². The fraction of sp³-hybridized carbons (Fsp3) is 0.789. The molecule has 156 valence electrons.